The highest BCUT2D eigenvalue weighted by Crippen LogP contribution is 2.17. The maximum atomic E-state index is 11.6. The molecule has 0 aliphatic carbocycles. The number of aryl methyl sites for hydroxylation is 1. The van der Waals surface area contributed by atoms with E-state index in [2.05, 4.69) is 12.2 Å². The monoisotopic (exact) mass is 221 g/mol. The molecule has 1 rings (SSSR count). The van der Waals surface area contributed by atoms with Gasteiger partial charge in [0.1, 0.15) is 5.60 Å². The van der Waals surface area contributed by atoms with Crippen LogP contribution in [0.5, 0.6) is 0 Å². The molecule has 0 unspecified atom stereocenters. The van der Waals surface area contributed by atoms with Crippen molar-refractivity contribution < 1.29 is 9.53 Å². The van der Waals surface area contributed by atoms with Gasteiger partial charge >= 0.3 is 6.09 Å². The molecule has 1 aromatic carbocycles. The van der Waals surface area contributed by atoms with Gasteiger partial charge in [0, 0.05) is 5.69 Å². The van der Waals surface area contributed by atoms with Crippen molar-refractivity contribution in [3.8, 4) is 0 Å². The number of carbonyl (C=O) groups excluding carboxylic acids is 1. The quantitative estimate of drug-likeness (QED) is 0.828. The SMILES string of the molecule is CCc1ccccc1NC(=O)OC(C)(C)C. The lowest BCUT2D eigenvalue weighted by molar-refractivity contribution is 0.0636. The van der Waals surface area contributed by atoms with Crippen molar-refractivity contribution in [3.63, 3.8) is 0 Å². The van der Waals surface area contributed by atoms with Gasteiger partial charge in [-0.05, 0) is 38.8 Å². The third-order valence-electron chi connectivity index (χ3n) is 2.03. The third-order valence-corrected chi connectivity index (χ3v) is 2.03. The Hall–Kier alpha value is -1.51. The molecule has 0 aromatic heterocycles. The zero-order valence-electron chi connectivity index (χ0n) is 10.3. The summed E-state index contributed by atoms with van der Waals surface area (Å²) in [6.07, 6.45) is 0.472. The van der Waals surface area contributed by atoms with Gasteiger partial charge in [-0.3, -0.25) is 5.32 Å². The van der Waals surface area contributed by atoms with E-state index in [0.717, 1.165) is 17.7 Å². The van der Waals surface area contributed by atoms with Crippen molar-refractivity contribution in [2.45, 2.75) is 39.7 Å². The normalized spacial score (nSPS) is 11.0. The van der Waals surface area contributed by atoms with Crippen LogP contribution in [0.4, 0.5) is 10.5 Å². The van der Waals surface area contributed by atoms with E-state index in [-0.39, 0.29) is 0 Å². The first-order valence-electron chi connectivity index (χ1n) is 5.50. The summed E-state index contributed by atoms with van der Waals surface area (Å²) in [6, 6.07) is 7.72. The van der Waals surface area contributed by atoms with E-state index < -0.39 is 11.7 Å². The van der Waals surface area contributed by atoms with E-state index in [1.54, 1.807) is 0 Å². The van der Waals surface area contributed by atoms with Crippen molar-refractivity contribution >= 4 is 11.8 Å². The molecule has 1 aromatic rings. The number of benzene rings is 1. The lowest BCUT2D eigenvalue weighted by Crippen LogP contribution is -2.27. The molecule has 88 valence electrons. The van der Waals surface area contributed by atoms with Gasteiger partial charge in [0.15, 0.2) is 0 Å². The molecule has 0 spiro atoms. The maximum absolute atomic E-state index is 11.6. The predicted molar refractivity (Wildman–Crippen MR) is 65.7 cm³/mol. The van der Waals surface area contributed by atoms with E-state index in [1.807, 2.05) is 45.0 Å². The van der Waals surface area contributed by atoms with Crippen LogP contribution in [-0.4, -0.2) is 11.7 Å². The summed E-state index contributed by atoms with van der Waals surface area (Å²) in [6.45, 7) is 7.59. The average Bonchev–Trinajstić information content (AvgIpc) is 2.15. The van der Waals surface area contributed by atoms with Gasteiger partial charge < -0.3 is 4.74 Å². The molecule has 3 heteroatoms. The Morgan fingerprint density at radius 3 is 2.50 bits per heavy atom. The molecule has 1 N–H and O–H groups in total. The largest absolute Gasteiger partial charge is 0.444 e. The Labute approximate surface area is 96.8 Å². The third kappa shape index (κ3) is 3.93. The van der Waals surface area contributed by atoms with Crippen LogP contribution < -0.4 is 5.32 Å². The van der Waals surface area contributed by atoms with E-state index in [4.69, 9.17) is 4.74 Å². The van der Waals surface area contributed by atoms with Crippen LogP contribution in [0, 0.1) is 0 Å². The van der Waals surface area contributed by atoms with Gasteiger partial charge in [0.2, 0.25) is 0 Å². The lowest BCUT2D eigenvalue weighted by atomic mass is 10.1. The molecule has 1 amide bonds. The Kier molecular flexibility index (Phi) is 3.93. The lowest BCUT2D eigenvalue weighted by Gasteiger charge is -2.20. The Bertz CT molecular complexity index is 366. The Morgan fingerprint density at radius 2 is 1.94 bits per heavy atom. The number of hydrogen-bond donors (Lipinski definition) is 1. The average molecular weight is 221 g/mol. The first kappa shape index (κ1) is 12.6. The highest BCUT2D eigenvalue weighted by molar-refractivity contribution is 5.85. The van der Waals surface area contributed by atoms with Crippen LogP contribution >= 0.6 is 0 Å². The molecular weight excluding hydrogens is 202 g/mol. The molecule has 0 radical (unpaired) electrons. The zero-order valence-corrected chi connectivity index (χ0v) is 10.3. The van der Waals surface area contributed by atoms with E-state index in [9.17, 15) is 4.79 Å². The molecule has 0 bridgehead atoms. The fourth-order valence-electron chi connectivity index (χ4n) is 1.36. The summed E-state index contributed by atoms with van der Waals surface area (Å²) in [5.41, 5.74) is 1.46. The minimum absolute atomic E-state index is 0.409. The molecule has 0 aliphatic rings. The number of nitrogens with one attached hydrogen (secondary N) is 1. The highest BCUT2D eigenvalue weighted by Gasteiger charge is 2.16. The van der Waals surface area contributed by atoms with Crippen LogP contribution in [0.1, 0.15) is 33.3 Å². The number of para-hydroxylation sites is 1. The minimum atomic E-state index is -0.467. The van der Waals surface area contributed by atoms with Gasteiger partial charge in [0.05, 0.1) is 0 Å². The minimum Gasteiger partial charge on any atom is -0.444 e. The van der Waals surface area contributed by atoms with E-state index in [1.165, 1.54) is 0 Å². The summed E-state index contributed by atoms with van der Waals surface area (Å²) in [4.78, 5) is 11.6. The Balaban J connectivity index is 2.70. The van der Waals surface area contributed by atoms with Crippen molar-refractivity contribution in [1.82, 2.24) is 0 Å². The van der Waals surface area contributed by atoms with Gasteiger partial charge in [-0.25, -0.2) is 4.79 Å². The van der Waals surface area contributed by atoms with Crippen LogP contribution in [0.2, 0.25) is 0 Å². The fourth-order valence-corrected chi connectivity index (χ4v) is 1.36. The summed E-state index contributed by atoms with van der Waals surface area (Å²) in [5, 5.41) is 2.76. The smallest absolute Gasteiger partial charge is 0.412 e. The fraction of sp³-hybridized carbons (Fsp3) is 0.462. The van der Waals surface area contributed by atoms with Crippen molar-refractivity contribution in [1.29, 1.82) is 0 Å². The van der Waals surface area contributed by atoms with Crippen LogP contribution in [-0.2, 0) is 11.2 Å². The number of rotatable bonds is 2. The van der Waals surface area contributed by atoms with Crippen molar-refractivity contribution in [3.05, 3.63) is 29.8 Å². The number of anilines is 1. The van der Waals surface area contributed by atoms with Gasteiger partial charge in [-0.2, -0.15) is 0 Å². The maximum Gasteiger partial charge on any atom is 0.412 e. The standard InChI is InChI=1S/C13H19NO2/c1-5-10-8-6-7-9-11(10)14-12(15)16-13(2,3)4/h6-9H,5H2,1-4H3,(H,14,15). The molecule has 0 saturated heterocycles. The molecule has 0 aliphatic heterocycles. The second-order valence-electron chi connectivity index (χ2n) is 4.64. The number of hydrogen-bond acceptors (Lipinski definition) is 2. The molecular formula is C13H19NO2. The van der Waals surface area contributed by atoms with Crippen LogP contribution in [0.3, 0.4) is 0 Å². The highest BCUT2D eigenvalue weighted by atomic mass is 16.6. The molecule has 0 saturated carbocycles. The topological polar surface area (TPSA) is 38.3 Å². The van der Waals surface area contributed by atoms with E-state index >= 15 is 0 Å². The van der Waals surface area contributed by atoms with Crippen LogP contribution in [0.15, 0.2) is 24.3 Å². The predicted octanol–water partition coefficient (Wildman–Crippen LogP) is 3.60. The summed E-state index contributed by atoms with van der Waals surface area (Å²) >= 11 is 0. The molecule has 16 heavy (non-hydrogen) atoms. The van der Waals surface area contributed by atoms with Gasteiger partial charge in [-0.15, -0.1) is 0 Å². The second kappa shape index (κ2) is 5.01. The van der Waals surface area contributed by atoms with Crippen LogP contribution in [0.25, 0.3) is 0 Å². The molecule has 0 fully saturated rings. The number of ether oxygens (including phenoxy) is 1. The first-order valence-corrected chi connectivity index (χ1v) is 5.50. The Morgan fingerprint density at radius 1 is 1.31 bits per heavy atom. The second-order valence-corrected chi connectivity index (χ2v) is 4.64. The summed E-state index contributed by atoms with van der Waals surface area (Å²) < 4.78 is 5.19. The van der Waals surface area contributed by atoms with Crippen molar-refractivity contribution in [2.75, 3.05) is 5.32 Å². The zero-order chi connectivity index (χ0) is 12.2. The molecule has 3 nitrogen and oxygen atoms in total. The number of amides is 1. The van der Waals surface area contributed by atoms with E-state index in [0.29, 0.717) is 0 Å². The van der Waals surface area contributed by atoms with Gasteiger partial charge in [-0.1, -0.05) is 25.1 Å². The molecule has 0 atom stereocenters. The summed E-state index contributed by atoms with van der Waals surface area (Å²) in [5.74, 6) is 0. The first-order chi connectivity index (χ1) is 7.42. The summed E-state index contributed by atoms with van der Waals surface area (Å²) in [7, 11) is 0. The number of carbonyl (C=O) groups is 1. The van der Waals surface area contributed by atoms with Gasteiger partial charge in [0.25, 0.3) is 0 Å². The molecule has 0 heterocycles. The van der Waals surface area contributed by atoms with Crippen molar-refractivity contribution in [2.24, 2.45) is 0 Å².